The minimum atomic E-state index is -0.243. The van der Waals surface area contributed by atoms with Crippen LogP contribution in [0.3, 0.4) is 0 Å². The molecule has 9 heteroatoms. The van der Waals surface area contributed by atoms with Crippen molar-refractivity contribution in [2.24, 2.45) is 0 Å². The molecule has 158 valence electrons. The van der Waals surface area contributed by atoms with Crippen LogP contribution in [0.25, 0.3) is 22.0 Å². The van der Waals surface area contributed by atoms with Gasteiger partial charge in [-0.15, -0.1) is 16.4 Å². The van der Waals surface area contributed by atoms with Crippen LogP contribution < -0.4 is 14.8 Å². The average Bonchev–Trinajstić information content (AvgIpc) is 3.43. The molecule has 0 aliphatic rings. The molecule has 0 aliphatic carbocycles. The van der Waals surface area contributed by atoms with Gasteiger partial charge in [0.25, 0.3) is 0 Å². The number of anilines is 1. The average molecular weight is 436 g/mol. The van der Waals surface area contributed by atoms with Gasteiger partial charge < -0.3 is 9.47 Å². The first-order valence-electron chi connectivity index (χ1n) is 9.52. The van der Waals surface area contributed by atoms with Crippen molar-refractivity contribution in [3.8, 4) is 33.5 Å². The lowest BCUT2D eigenvalue weighted by Crippen LogP contribution is -2.15. The molecule has 2 aromatic heterocycles. The number of hydrogen-bond acceptors (Lipinski definition) is 7. The molecule has 1 amide bonds. The van der Waals surface area contributed by atoms with Gasteiger partial charge in [0.2, 0.25) is 11.9 Å². The van der Waals surface area contributed by atoms with Crippen LogP contribution in [0.2, 0.25) is 0 Å². The van der Waals surface area contributed by atoms with Crippen LogP contribution in [0.5, 0.6) is 11.5 Å². The van der Waals surface area contributed by atoms with Crippen molar-refractivity contribution in [3.05, 3.63) is 59.1 Å². The maximum atomic E-state index is 12.4. The fourth-order valence-electron chi connectivity index (χ4n) is 2.98. The van der Waals surface area contributed by atoms with Gasteiger partial charge in [0.15, 0.2) is 5.82 Å². The Hall–Kier alpha value is -3.72. The summed E-state index contributed by atoms with van der Waals surface area (Å²) in [6.45, 7) is 2.04. The Kier molecular flexibility index (Phi) is 5.94. The van der Waals surface area contributed by atoms with Crippen LogP contribution in [-0.2, 0) is 11.2 Å². The van der Waals surface area contributed by atoms with Gasteiger partial charge in [-0.05, 0) is 19.1 Å². The number of methoxy groups -OCH3 is 2. The summed E-state index contributed by atoms with van der Waals surface area (Å²) in [6.07, 6.45) is 0.137. The van der Waals surface area contributed by atoms with E-state index in [4.69, 9.17) is 9.47 Å². The van der Waals surface area contributed by atoms with Gasteiger partial charge in [0.1, 0.15) is 16.5 Å². The summed E-state index contributed by atoms with van der Waals surface area (Å²) in [5.41, 5.74) is 3.64. The Labute approximate surface area is 183 Å². The number of nitrogens with zero attached hydrogens (tertiary/aromatic N) is 3. The van der Waals surface area contributed by atoms with E-state index in [-0.39, 0.29) is 18.3 Å². The fourth-order valence-corrected chi connectivity index (χ4v) is 3.81. The topological polar surface area (TPSA) is 102 Å². The highest BCUT2D eigenvalue weighted by molar-refractivity contribution is 7.13. The minimum absolute atomic E-state index is 0.137. The van der Waals surface area contributed by atoms with Crippen LogP contribution in [-0.4, -0.2) is 40.3 Å². The Balaban J connectivity index is 1.42. The van der Waals surface area contributed by atoms with Gasteiger partial charge in [-0.1, -0.05) is 29.8 Å². The summed E-state index contributed by atoms with van der Waals surface area (Å²) in [5.74, 6) is 1.67. The Morgan fingerprint density at radius 2 is 1.90 bits per heavy atom. The van der Waals surface area contributed by atoms with E-state index in [9.17, 15) is 4.79 Å². The highest BCUT2D eigenvalue weighted by Gasteiger charge is 2.15. The molecule has 0 fully saturated rings. The Bertz CT molecular complexity index is 1200. The van der Waals surface area contributed by atoms with E-state index in [1.165, 1.54) is 16.9 Å². The number of aromatic nitrogens is 4. The number of aromatic amines is 1. The number of thiazole rings is 1. The Morgan fingerprint density at radius 1 is 1.10 bits per heavy atom. The van der Waals surface area contributed by atoms with Gasteiger partial charge in [0, 0.05) is 17.0 Å². The quantitative estimate of drug-likeness (QED) is 0.453. The van der Waals surface area contributed by atoms with Crippen LogP contribution in [0.4, 0.5) is 5.95 Å². The predicted molar refractivity (Wildman–Crippen MR) is 120 cm³/mol. The van der Waals surface area contributed by atoms with Crippen molar-refractivity contribution in [1.82, 2.24) is 20.2 Å². The van der Waals surface area contributed by atoms with Crippen LogP contribution in [0.1, 0.15) is 11.3 Å². The van der Waals surface area contributed by atoms with Crippen molar-refractivity contribution in [3.63, 3.8) is 0 Å². The molecule has 2 N–H and O–H groups in total. The molecule has 31 heavy (non-hydrogen) atoms. The number of carbonyl (C=O) groups excluding carboxylic acids is 1. The number of nitrogens with one attached hydrogen (secondary N) is 2. The fraction of sp³-hybridized carbons (Fsp3) is 0.182. The zero-order valence-corrected chi connectivity index (χ0v) is 18.1. The zero-order valence-electron chi connectivity index (χ0n) is 17.3. The van der Waals surface area contributed by atoms with E-state index in [2.05, 4.69) is 25.5 Å². The van der Waals surface area contributed by atoms with Gasteiger partial charge in [0.05, 0.1) is 31.9 Å². The monoisotopic (exact) mass is 435 g/mol. The molecule has 0 bridgehead atoms. The molecule has 0 saturated carbocycles. The maximum absolute atomic E-state index is 12.4. The molecule has 0 aliphatic heterocycles. The number of ether oxygens (including phenoxy) is 2. The second-order valence-corrected chi connectivity index (χ2v) is 7.67. The van der Waals surface area contributed by atoms with Crippen LogP contribution >= 0.6 is 11.3 Å². The second-order valence-electron chi connectivity index (χ2n) is 6.81. The van der Waals surface area contributed by atoms with Crippen molar-refractivity contribution in [1.29, 1.82) is 0 Å². The molecule has 0 saturated heterocycles. The van der Waals surface area contributed by atoms with Gasteiger partial charge in [-0.3, -0.25) is 15.2 Å². The summed E-state index contributed by atoms with van der Waals surface area (Å²) >= 11 is 1.51. The third-order valence-corrected chi connectivity index (χ3v) is 5.53. The zero-order chi connectivity index (χ0) is 21.8. The highest BCUT2D eigenvalue weighted by atomic mass is 32.1. The summed E-state index contributed by atoms with van der Waals surface area (Å²) in [5, 5.41) is 12.4. The molecule has 0 unspecified atom stereocenters. The van der Waals surface area contributed by atoms with E-state index in [1.807, 2.05) is 42.6 Å². The van der Waals surface area contributed by atoms with Crippen molar-refractivity contribution >= 4 is 23.2 Å². The van der Waals surface area contributed by atoms with E-state index < -0.39 is 0 Å². The molecule has 0 atom stereocenters. The van der Waals surface area contributed by atoms with E-state index >= 15 is 0 Å². The first-order valence-corrected chi connectivity index (χ1v) is 10.4. The molecule has 4 aromatic rings. The van der Waals surface area contributed by atoms with E-state index in [1.54, 1.807) is 26.4 Å². The SMILES string of the molecule is COc1ccc(-c2nc(NC(=O)Cc3csc(-c4ccc(C)cc4)n3)n[nH]2)c(OC)c1. The molecular formula is C22H21N5O3S. The van der Waals surface area contributed by atoms with Gasteiger partial charge >= 0.3 is 0 Å². The molecular weight excluding hydrogens is 414 g/mol. The summed E-state index contributed by atoms with van der Waals surface area (Å²) in [7, 11) is 3.15. The molecule has 0 radical (unpaired) electrons. The third-order valence-electron chi connectivity index (χ3n) is 4.59. The van der Waals surface area contributed by atoms with E-state index in [0.29, 0.717) is 28.6 Å². The summed E-state index contributed by atoms with van der Waals surface area (Å²) in [4.78, 5) is 21.4. The van der Waals surface area contributed by atoms with E-state index in [0.717, 1.165) is 10.6 Å². The number of hydrogen-bond donors (Lipinski definition) is 2. The highest BCUT2D eigenvalue weighted by Crippen LogP contribution is 2.31. The second kappa shape index (κ2) is 8.97. The number of carbonyl (C=O) groups is 1. The van der Waals surface area contributed by atoms with Gasteiger partial charge in [-0.2, -0.15) is 4.98 Å². The maximum Gasteiger partial charge on any atom is 0.249 e. The number of benzene rings is 2. The Morgan fingerprint density at radius 3 is 2.65 bits per heavy atom. The van der Waals surface area contributed by atoms with Crippen LogP contribution in [0.15, 0.2) is 47.8 Å². The smallest absolute Gasteiger partial charge is 0.249 e. The number of amides is 1. The lowest BCUT2D eigenvalue weighted by atomic mass is 10.2. The predicted octanol–water partition coefficient (Wildman–Crippen LogP) is 4.10. The third kappa shape index (κ3) is 4.72. The number of rotatable bonds is 7. The summed E-state index contributed by atoms with van der Waals surface area (Å²) < 4.78 is 10.6. The number of aryl methyl sites for hydroxylation is 1. The van der Waals surface area contributed by atoms with Gasteiger partial charge in [-0.25, -0.2) is 4.98 Å². The van der Waals surface area contributed by atoms with Crippen LogP contribution in [0, 0.1) is 6.92 Å². The van der Waals surface area contributed by atoms with Crippen molar-refractivity contribution in [2.45, 2.75) is 13.3 Å². The lowest BCUT2D eigenvalue weighted by molar-refractivity contribution is -0.115. The molecule has 8 nitrogen and oxygen atoms in total. The molecule has 2 aromatic carbocycles. The van der Waals surface area contributed by atoms with Crippen molar-refractivity contribution in [2.75, 3.05) is 19.5 Å². The summed E-state index contributed by atoms with van der Waals surface area (Å²) in [6, 6.07) is 13.5. The normalized spacial score (nSPS) is 10.7. The first kappa shape index (κ1) is 20.5. The molecule has 2 heterocycles. The minimum Gasteiger partial charge on any atom is -0.497 e. The van der Waals surface area contributed by atoms with Crippen molar-refractivity contribution < 1.29 is 14.3 Å². The molecule has 0 spiro atoms. The largest absolute Gasteiger partial charge is 0.497 e. The standard InChI is InChI=1S/C22H21N5O3S/c1-13-4-6-14(7-5-13)21-23-15(12-31-21)10-19(28)24-22-25-20(26-27-22)17-9-8-16(29-2)11-18(17)30-3/h4-9,11-12H,10H2,1-3H3,(H2,24,25,26,27,28). The molecule has 4 rings (SSSR count). The first-order chi connectivity index (χ1) is 15.1. The lowest BCUT2D eigenvalue weighted by Gasteiger charge is -2.07. The number of H-pyrrole nitrogens is 1.